The van der Waals surface area contributed by atoms with Gasteiger partial charge >= 0.3 is 0 Å². The molecule has 0 aliphatic carbocycles. The Bertz CT molecular complexity index is 1010. The quantitative estimate of drug-likeness (QED) is 0.657. The minimum Gasteiger partial charge on any atom is -0.356 e. The van der Waals surface area contributed by atoms with Gasteiger partial charge in [0.25, 0.3) is 5.91 Å². The second-order valence-electron chi connectivity index (χ2n) is 10.5. The normalized spacial score (nSPS) is 24.1. The number of anilines is 2. The first-order valence-corrected chi connectivity index (χ1v) is 13.8. The maximum absolute atomic E-state index is 13.7. The molecule has 1 amide bonds. The van der Waals surface area contributed by atoms with Gasteiger partial charge in [-0.15, -0.1) is 0 Å². The second kappa shape index (κ2) is 12.0. The molecule has 0 saturated carbocycles. The maximum atomic E-state index is 13.7. The lowest BCUT2D eigenvalue weighted by Gasteiger charge is -2.40. The van der Waals surface area contributed by atoms with Crippen LogP contribution in [-0.4, -0.2) is 77.0 Å². The summed E-state index contributed by atoms with van der Waals surface area (Å²) in [6.45, 7) is 5.53. The van der Waals surface area contributed by atoms with E-state index in [0.717, 1.165) is 70.2 Å². The number of carbonyl (C=O) groups is 1. The molecule has 2 unspecified atom stereocenters. The number of rotatable bonds is 5. The summed E-state index contributed by atoms with van der Waals surface area (Å²) < 4.78 is 13.7. The van der Waals surface area contributed by atoms with Crippen molar-refractivity contribution in [3.8, 4) is 0 Å². The molecule has 0 spiro atoms. The van der Waals surface area contributed by atoms with E-state index in [1.54, 1.807) is 12.1 Å². The SMILES string of the molecule is O=C(c1cccc(F)c1)N1CCCC(N2CCCCC(Nc3nccc(N4CCCCCC4)n3)C2)C1. The van der Waals surface area contributed by atoms with E-state index < -0.39 is 0 Å². The average Bonchev–Trinajstić information content (AvgIpc) is 3.32. The van der Waals surface area contributed by atoms with Crippen LogP contribution in [0, 0.1) is 5.82 Å². The average molecular weight is 495 g/mol. The van der Waals surface area contributed by atoms with Crippen LogP contribution in [0.5, 0.6) is 0 Å². The largest absolute Gasteiger partial charge is 0.356 e. The van der Waals surface area contributed by atoms with Gasteiger partial charge in [-0.25, -0.2) is 9.37 Å². The molecule has 3 saturated heterocycles. The van der Waals surface area contributed by atoms with Crippen LogP contribution >= 0.6 is 0 Å². The summed E-state index contributed by atoms with van der Waals surface area (Å²) >= 11 is 0. The number of aromatic nitrogens is 2. The van der Waals surface area contributed by atoms with E-state index in [0.29, 0.717) is 18.2 Å². The van der Waals surface area contributed by atoms with Crippen molar-refractivity contribution in [3.63, 3.8) is 0 Å². The number of amides is 1. The van der Waals surface area contributed by atoms with Crippen LogP contribution in [-0.2, 0) is 0 Å². The maximum Gasteiger partial charge on any atom is 0.254 e. The number of likely N-dealkylation sites (tertiary alicyclic amines) is 2. The molecule has 36 heavy (non-hydrogen) atoms. The summed E-state index contributed by atoms with van der Waals surface area (Å²) in [6, 6.07) is 8.68. The fourth-order valence-corrected chi connectivity index (χ4v) is 5.94. The van der Waals surface area contributed by atoms with Gasteiger partial charge in [0.2, 0.25) is 5.95 Å². The second-order valence-corrected chi connectivity index (χ2v) is 10.5. The zero-order chi connectivity index (χ0) is 24.7. The lowest BCUT2D eigenvalue weighted by atomic mass is 10.0. The van der Waals surface area contributed by atoms with Crippen LogP contribution in [0.15, 0.2) is 36.5 Å². The summed E-state index contributed by atoms with van der Waals surface area (Å²) in [5, 5.41) is 3.64. The fraction of sp³-hybridized carbons (Fsp3) is 0.607. The van der Waals surface area contributed by atoms with E-state index in [1.165, 1.54) is 44.2 Å². The van der Waals surface area contributed by atoms with Crippen molar-refractivity contribution in [3.05, 3.63) is 47.9 Å². The van der Waals surface area contributed by atoms with Crippen LogP contribution < -0.4 is 10.2 Å². The molecule has 3 aliphatic heterocycles. The molecule has 3 aliphatic rings. The third-order valence-corrected chi connectivity index (χ3v) is 7.88. The summed E-state index contributed by atoms with van der Waals surface area (Å²) in [6.07, 6.45) is 12.4. The standard InChI is InChI=1S/C28H39FN6O/c29-23-10-7-9-22(19-23)27(36)35-18-8-12-25(21-35)34-17-6-3-11-24(20-34)31-28-30-14-13-26(32-28)33-15-4-1-2-5-16-33/h7,9-10,13-14,19,24-25H,1-6,8,11-12,15-18,20-21H2,(H,30,31,32). The van der Waals surface area contributed by atoms with E-state index in [1.807, 2.05) is 17.2 Å². The highest BCUT2D eigenvalue weighted by Crippen LogP contribution is 2.24. The Kier molecular flexibility index (Phi) is 8.31. The fourth-order valence-electron chi connectivity index (χ4n) is 5.94. The van der Waals surface area contributed by atoms with Gasteiger partial charge in [0.05, 0.1) is 0 Å². The van der Waals surface area contributed by atoms with Crippen LogP contribution in [0.2, 0.25) is 0 Å². The molecule has 5 rings (SSSR count). The minimum absolute atomic E-state index is 0.0672. The number of halogens is 1. The van der Waals surface area contributed by atoms with Gasteiger partial charge in [-0.3, -0.25) is 9.69 Å². The Morgan fingerprint density at radius 2 is 1.75 bits per heavy atom. The van der Waals surface area contributed by atoms with Crippen molar-refractivity contribution in [1.29, 1.82) is 0 Å². The number of piperidine rings is 1. The van der Waals surface area contributed by atoms with Crippen LogP contribution in [0.1, 0.15) is 68.1 Å². The van der Waals surface area contributed by atoms with Crippen molar-refractivity contribution in [1.82, 2.24) is 19.8 Å². The lowest BCUT2D eigenvalue weighted by molar-refractivity contribution is 0.0575. The molecule has 0 radical (unpaired) electrons. The number of nitrogens with zero attached hydrogens (tertiary/aromatic N) is 5. The van der Waals surface area contributed by atoms with E-state index in [2.05, 4.69) is 20.1 Å². The minimum atomic E-state index is -0.363. The molecule has 2 atom stereocenters. The van der Waals surface area contributed by atoms with Gasteiger partial charge in [-0.1, -0.05) is 25.3 Å². The van der Waals surface area contributed by atoms with Gasteiger partial charge in [0.15, 0.2) is 0 Å². The Hall–Kier alpha value is -2.74. The number of hydrogen-bond donors (Lipinski definition) is 1. The first kappa shape index (κ1) is 24.9. The molecule has 7 nitrogen and oxygen atoms in total. The molecule has 4 heterocycles. The van der Waals surface area contributed by atoms with Gasteiger partial charge in [-0.2, -0.15) is 4.98 Å². The van der Waals surface area contributed by atoms with Gasteiger partial charge in [0.1, 0.15) is 11.6 Å². The highest BCUT2D eigenvalue weighted by atomic mass is 19.1. The number of hydrogen-bond acceptors (Lipinski definition) is 6. The number of nitrogens with one attached hydrogen (secondary N) is 1. The highest BCUT2D eigenvalue weighted by molar-refractivity contribution is 5.94. The summed E-state index contributed by atoms with van der Waals surface area (Å²) in [4.78, 5) is 29.3. The number of carbonyl (C=O) groups excluding carboxylic acids is 1. The van der Waals surface area contributed by atoms with Crippen molar-refractivity contribution < 1.29 is 9.18 Å². The van der Waals surface area contributed by atoms with E-state index >= 15 is 0 Å². The predicted octanol–water partition coefficient (Wildman–Crippen LogP) is 4.57. The van der Waals surface area contributed by atoms with Crippen LogP contribution in [0.25, 0.3) is 0 Å². The third kappa shape index (κ3) is 6.33. The monoisotopic (exact) mass is 494 g/mol. The highest BCUT2D eigenvalue weighted by Gasteiger charge is 2.31. The van der Waals surface area contributed by atoms with Gasteiger partial charge in [-0.05, 0) is 69.3 Å². The Labute approximate surface area is 214 Å². The van der Waals surface area contributed by atoms with Crippen molar-refractivity contribution in [2.45, 2.75) is 69.9 Å². The molecule has 3 fully saturated rings. The third-order valence-electron chi connectivity index (χ3n) is 7.88. The molecule has 194 valence electrons. The van der Waals surface area contributed by atoms with Crippen molar-refractivity contribution >= 4 is 17.7 Å². The van der Waals surface area contributed by atoms with E-state index in [-0.39, 0.29) is 17.8 Å². The van der Waals surface area contributed by atoms with E-state index in [4.69, 9.17) is 4.98 Å². The molecule has 1 N–H and O–H groups in total. The van der Waals surface area contributed by atoms with Crippen molar-refractivity contribution in [2.75, 3.05) is 49.5 Å². The first-order chi connectivity index (χ1) is 17.7. The number of benzene rings is 1. The molecule has 1 aromatic carbocycles. The predicted molar refractivity (Wildman–Crippen MR) is 141 cm³/mol. The molecular formula is C28H39FN6O. The molecule has 0 bridgehead atoms. The Morgan fingerprint density at radius 1 is 0.917 bits per heavy atom. The first-order valence-electron chi connectivity index (χ1n) is 13.8. The van der Waals surface area contributed by atoms with E-state index in [9.17, 15) is 9.18 Å². The van der Waals surface area contributed by atoms with Crippen LogP contribution in [0.3, 0.4) is 0 Å². The Balaban J connectivity index is 1.22. The lowest BCUT2D eigenvalue weighted by Crippen LogP contribution is -2.51. The topological polar surface area (TPSA) is 64.6 Å². The van der Waals surface area contributed by atoms with Gasteiger partial charge in [0, 0.05) is 56.6 Å². The van der Waals surface area contributed by atoms with Crippen molar-refractivity contribution in [2.24, 2.45) is 0 Å². The summed E-state index contributed by atoms with van der Waals surface area (Å²) in [5.41, 5.74) is 0.437. The van der Waals surface area contributed by atoms with Gasteiger partial charge < -0.3 is 15.1 Å². The summed E-state index contributed by atoms with van der Waals surface area (Å²) in [5.74, 6) is 1.31. The molecular weight excluding hydrogens is 455 g/mol. The Morgan fingerprint density at radius 3 is 2.58 bits per heavy atom. The molecule has 2 aromatic rings. The van der Waals surface area contributed by atoms with Crippen LogP contribution in [0.4, 0.5) is 16.2 Å². The smallest absolute Gasteiger partial charge is 0.254 e. The molecule has 8 heteroatoms. The zero-order valence-corrected chi connectivity index (χ0v) is 21.2. The summed E-state index contributed by atoms with van der Waals surface area (Å²) in [7, 11) is 0. The zero-order valence-electron chi connectivity index (χ0n) is 21.2. The molecule has 1 aromatic heterocycles.